The van der Waals surface area contributed by atoms with Crippen LogP contribution in [0.3, 0.4) is 0 Å². The van der Waals surface area contributed by atoms with Crippen LogP contribution >= 0.6 is 11.8 Å². The van der Waals surface area contributed by atoms with E-state index in [1.807, 2.05) is 19.9 Å². The van der Waals surface area contributed by atoms with Crippen LogP contribution in [0.1, 0.15) is 57.3 Å². The summed E-state index contributed by atoms with van der Waals surface area (Å²) in [5, 5.41) is 8.03. The van der Waals surface area contributed by atoms with Crippen LogP contribution in [0.15, 0.2) is 11.2 Å². The van der Waals surface area contributed by atoms with E-state index < -0.39 is 0 Å². The predicted molar refractivity (Wildman–Crippen MR) is 97.3 cm³/mol. The third-order valence-corrected chi connectivity index (χ3v) is 4.67. The zero-order chi connectivity index (χ0) is 17.5. The predicted octanol–water partition coefficient (Wildman–Crippen LogP) is 3.31. The number of unbranched alkanes of at least 4 members (excludes halogenated alkanes) is 3. The van der Waals surface area contributed by atoms with Crippen LogP contribution in [0.5, 0.6) is 0 Å². The Bertz CT molecular complexity index is 685. The van der Waals surface area contributed by atoms with Crippen LogP contribution in [0.25, 0.3) is 5.78 Å². The molecule has 0 radical (unpaired) electrons. The Hall–Kier alpha value is -1.63. The number of nitrogens with zero attached hydrogens (tertiary/aromatic N) is 4. The third kappa shape index (κ3) is 5.47. The van der Waals surface area contributed by atoms with Crippen molar-refractivity contribution in [2.45, 2.75) is 71.0 Å². The molecule has 1 amide bonds. The number of fused-ring (bicyclic) bond motifs is 1. The Morgan fingerprint density at radius 3 is 2.83 bits per heavy atom. The van der Waals surface area contributed by atoms with Gasteiger partial charge >= 0.3 is 0 Å². The van der Waals surface area contributed by atoms with Crippen molar-refractivity contribution >= 4 is 23.4 Å². The fraction of sp³-hybridized carbons (Fsp3) is 0.647. The van der Waals surface area contributed by atoms with Gasteiger partial charge in [0.2, 0.25) is 11.1 Å². The Morgan fingerprint density at radius 1 is 1.29 bits per heavy atom. The molecule has 0 fully saturated rings. The molecule has 7 heteroatoms. The van der Waals surface area contributed by atoms with E-state index >= 15 is 0 Å². The van der Waals surface area contributed by atoms with Gasteiger partial charge in [-0.05, 0) is 33.3 Å². The summed E-state index contributed by atoms with van der Waals surface area (Å²) >= 11 is 1.35. The summed E-state index contributed by atoms with van der Waals surface area (Å²) in [6, 6.07) is 2.18. The van der Waals surface area contributed by atoms with Crippen molar-refractivity contribution in [2.75, 3.05) is 5.75 Å². The molecule has 0 aliphatic heterocycles. The maximum Gasteiger partial charge on any atom is 0.253 e. The van der Waals surface area contributed by atoms with Gasteiger partial charge in [-0.2, -0.15) is 4.98 Å². The van der Waals surface area contributed by atoms with E-state index in [1.165, 1.54) is 37.4 Å². The van der Waals surface area contributed by atoms with E-state index in [2.05, 4.69) is 34.2 Å². The number of nitrogens with one attached hydrogen (secondary N) is 1. The van der Waals surface area contributed by atoms with E-state index in [9.17, 15) is 4.79 Å². The standard InChI is InChI=1S/C17H27N5OS/c1-5-6-7-8-9-12(2)18-15(23)11-24-17-20-16-19-13(3)10-14(4)22(16)21-17/h10,12H,5-9,11H2,1-4H3,(H,18,23)/t12-/m1/s1. The molecule has 2 aromatic rings. The van der Waals surface area contributed by atoms with Crippen LogP contribution in [-0.2, 0) is 4.79 Å². The Labute approximate surface area is 147 Å². The number of aryl methyl sites for hydroxylation is 2. The van der Waals surface area contributed by atoms with Gasteiger partial charge in [0, 0.05) is 17.4 Å². The lowest BCUT2D eigenvalue weighted by Gasteiger charge is -2.13. The summed E-state index contributed by atoms with van der Waals surface area (Å²) in [7, 11) is 0. The molecule has 0 aliphatic rings. The molecule has 0 bridgehead atoms. The third-order valence-electron chi connectivity index (χ3n) is 3.83. The van der Waals surface area contributed by atoms with Gasteiger partial charge in [0.05, 0.1) is 5.75 Å². The minimum atomic E-state index is 0.0303. The minimum Gasteiger partial charge on any atom is -0.353 e. The molecule has 6 nitrogen and oxygen atoms in total. The number of carbonyl (C=O) groups is 1. The van der Waals surface area contributed by atoms with E-state index in [0.29, 0.717) is 16.7 Å². The topological polar surface area (TPSA) is 72.2 Å². The van der Waals surface area contributed by atoms with E-state index in [1.54, 1.807) is 4.52 Å². The summed E-state index contributed by atoms with van der Waals surface area (Å²) in [6.07, 6.45) is 5.94. The lowest BCUT2D eigenvalue weighted by molar-refractivity contribution is -0.119. The van der Waals surface area contributed by atoms with Gasteiger partial charge in [-0.1, -0.05) is 44.4 Å². The monoisotopic (exact) mass is 349 g/mol. The molecule has 132 valence electrons. The second-order valence-electron chi connectivity index (χ2n) is 6.25. The molecule has 0 aliphatic carbocycles. The van der Waals surface area contributed by atoms with Gasteiger partial charge in [-0.15, -0.1) is 5.10 Å². The molecule has 24 heavy (non-hydrogen) atoms. The average Bonchev–Trinajstić information content (AvgIpc) is 2.93. The molecule has 0 aromatic carbocycles. The van der Waals surface area contributed by atoms with Crippen LogP contribution in [0.2, 0.25) is 0 Å². The molecule has 0 saturated carbocycles. The maximum absolute atomic E-state index is 12.0. The van der Waals surface area contributed by atoms with Crippen molar-refractivity contribution in [2.24, 2.45) is 0 Å². The summed E-state index contributed by atoms with van der Waals surface area (Å²) < 4.78 is 1.71. The molecule has 2 aromatic heterocycles. The van der Waals surface area contributed by atoms with Gasteiger partial charge < -0.3 is 5.32 Å². The molecule has 1 N–H and O–H groups in total. The molecule has 0 spiro atoms. The Balaban J connectivity index is 1.80. The number of carbonyl (C=O) groups excluding carboxylic acids is 1. The van der Waals surface area contributed by atoms with Crippen molar-refractivity contribution in [1.29, 1.82) is 0 Å². The number of amides is 1. The van der Waals surface area contributed by atoms with Crippen molar-refractivity contribution in [3.63, 3.8) is 0 Å². The molecule has 2 rings (SSSR count). The normalized spacial score (nSPS) is 12.5. The van der Waals surface area contributed by atoms with Crippen LogP contribution < -0.4 is 5.32 Å². The second-order valence-corrected chi connectivity index (χ2v) is 7.19. The van der Waals surface area contributed by atoms with Gasteiger partial charge in [0.15, 0.2) is 0 Å². The van der Waals surface area contributed by atoms with Crippen molar-refractivity contribution in [3.05, 3.63) is 17.5 Å². The number of aromatic nitrogens is 4. The Kier molecular flexibility index (Phi) is 7.02. The number of thioether (sulfide) groups is 1. The second kappa shape index (κ2) is 9.01. The van der Waals surface area contributed by atoms with E-state index in [0.717, 1.165) is 17.8 Å². The zero-order valence-electron chi connectivity index (χ0n) is 15.0. The summed E-state index contributed by atoms with van der Waals surface area (Å²) in [6.45, 7) is 8.17. The first-order chi connectivity index (χ1) is 11.5. The quantitative estimate of drug-likeness (QED) is 0.555. The van der Waals surface area contributed by atoms with Gasteiger partial charge in [0.1, 0.15) is 0 Å². The van der Waals surface area contributed by atoms with Crippen LogP contribution in [-0.4, -0.2) is 37.3 Å². The maximum atomic E-state index is 12.0. The summed E-state index contributed by atoms with van der Waals surface area (Å²) in [4.78, 5) is 20.8. The number of hydrogen-bond donors (Lipinski definition) is 1. The zero-order valence-corrected chi connectivity index (χ0v) is 15.8. The first-order valence-electron chi connectivity index (χ1n) is 8.62. The number of rotatable bonds is 9. The van der Waals surface area contributed by atoms with Crippen molar-refractivity contribution in [1.82, 2.24) is 24.9 Å². The molecular weight excluding hydrogens is 322 g/mol. The SMILES string of the molecule is CCCCCC[C@@H](C)NC(=O)CSc1nc2nc(C)cc(C)n2n1. The highest BCUT2D eigenvalue weighted by atomic mass is 32.2. The van der Waals surface area contributed by atoms with Crippen LogP contribution in [0, 0.1) is 13.8 Å². The Morgan fingerprint density at radius 2 is 2.08 bits per heavy atom. The average molecular weight is 350 g/mol. The molecule has 1 atom stereocenters. The fourth-order valence-electron chi connectivity index (χ4n) is 2.61. The minimum absolute atomic E-state index is 0.0303. The highest BCUT2D eigenvalue weighted by molar-refractivity contribution is 7.99. The number of hydrogen-bond acceptors (Lipinski definition) is 5. The smallest absolute Gasteiger partial charge is 0.253 e. The first kappa shape index (κ1) is 18.7. The van der Waals surface area contributed by atoms with Gasteiger partial charge in [-0.25, -0.2) is 9.50 Å². The highest BCUT2D eigenvalue weighted by Crippen LogP contribution is 2.15. The highest BCUT2D eigenvalue weighted by Gasteiger charge is 2.12. The van der Waals surface area contributed by atoms with Crippen molar-refractivity contribution in [3.8, 4) is 0 Å². The first-order valence-corrected chi connectivity index (χ1v) is 9.61. The summed E-state index contributed by atoms with van der Waals surface area (Å²) in [5.41, 5.74) is 1.90. The molecule has 0 unspecified atom stereocenters. The largest absolute Gasteiger partial charge is 0.353 e. The van der Waals surface area contributed by atoms with E-state index in [-0.39, 0.29) is 11.9 Å². The lowest BCUT2D eigenvalue weighted by Crippen LogP contribution is -2.33. The van der Waals surface area contributed by atoms with Gasteiger partial charge in [0.25, 0.3) is 5.78 Å². The van der Waals surface area contributed by atoms with Gasteiger partial charge in [-0.3, -0.25) is 4.79 Å². The molecule has 0 saturated heterocycles. The van der Waals surface area contributed by atoms with Crippen LogP contribution in [0.4, 0.5) is 0 Å². The lowest BCUT2D eigenvalue weighted by atomic mass is 10.1. The summed E-state index contributed by atoms with van der Waals surface area (Å²) in [5.74, 6) is 0.941. The molecule has 2 heterocycles. The fourth-order valence-corrected chi connectivity index (χ4v) is 3.23. The molecular formula is C17H27N5OS. The van der Waals surface area contributed by atoms with Crippen molar-refractivity contribution < 1.29 is 4.79 Å². The van der Waals surface area contributed by atoms with E-state index in [4.69, 9.17) is 0 Å².